The van der Waals surface area contributed by atoms with Crippen LogP contribution in [0.5, 0.6) is 17.4 Å². The van der Waals surface area contributed by atoms with Crippen molar-refractivity contribution in [2.75, 3.05) is 0 Å². The van der Waals surface area contributed by atoms with Gasteiger partial charge in [-0.1, -0.05) is 0 Å². The van der Waals surface area contributed by atoms with Crippen LogP contribution in [0.15, 0.2) is 48.9 Å². The molecule has 0 aliphatic rings. The van der Waals surface area contributed by atoms with E-state index in [1.165, 1.54) is 0 Å². The van der Waals surface area contributed by atoms with Crippen molar-refractivity contribution < 1.29 is 9.84 Å². The molecular formula is C12H9N3O2. The zero-order chi connectivity index (χ0) is 11.7. The Morgan fingerprint density at radius 2 is 1.88 bits per heavy atom. The van der Waals surface area contributed by atoms with E-state index in [2.05, 4.69) is 10.1 Å². The molecule has 5 heteroatoms. The Morgan fingerprint density at radius 3 is 2.71 bits per heavy atom. The van der Waals surface area contributed by atoms with Gasteiger partial charge < -0.3 is 9.84 Å². The van der Waals surface area contributed by atoms with Crippen molar-refractivity contribution in [2.24, 2.45) is 0 Å². The maximum absolute atomic E-state index is 9.18. The summed E-state index contributed by atoms with van der Waals surface area (Å²) in [7, 11) is 0. The Labute approximate surface area is 96.9 Å². The van der Waals surface area contributed by atoms with E-state index in [-0.39, 0.29) is 5.75 Å². The third-order valence-electron chi connectivity index (χ3n) is 2.34. The normalized spacial score (nSPS) is 10.6. The van der Waals surface area contributed by atoms with Gasteiger partial charge in [0, 0.05) is 12.4 Å². The molecule has 0 amide bonds. The van der Waals surface area contributed by atoms with Crippen LogP contribution >= 0.6 is 0 Å². The van der Waals surface area contributed by atoms with Crippen LogP contribution in [0, 0.1) is 0 Å². The fraction of sp³-hybridized carbons (Fsp3) is 0. The summed E-state index contributed by atoms with van der Waals surface area (Å²) in [6, 6.07) is 8.30. The summed E-state index contributed by atoms with van der Waals surface area (Å²) in [5.41, 5.74) is 0.792. The first kappa shape index (κ1) is 9.65. The van der Waals surface area contributed by atoms with Crippen LogP contribution < -0.4 is 4.74 Å². The number of aromatic hydroxyl groups is 1. The summed E-state index contributed by atoms with van der Waals surface area (Å²) >= 11 is 0. The Balaban J connectivity index is 1.99. The second-order valence-corrected chi connectivity index (χ2v) is 3.49. The number of rotatable bonds is 2. The fourth-order valence-corrected chi connectivity index (χ4v) is 1.54. The third kappa shape index (κ3) is 1.78. The standard InChI is InChI=1S/C12H9N3O2/c16-9-1-3-10(4-2-9)17-12-11-5-6-14-15(11)8-7-13-12/h1-8,16H. The van der Waals surface area contributed by atoms with Crippen LogP contribution in [-0.2, 0) is 0 Å². The second kappa shape index (κ2) is 3.79. The summed E-state index contributed by atoms with van der Waals surface area (Å²) in [6.07, 6.45) is 5.05. The minimum Gasteiger partial charge on any atom is -0.508 e. The molecule has 3 rings (SSSR count). The molecule has 5 nitrogen and oxygen atoms in total. The SMILES string of the molecule is Oc1ccc(Oc2nccn3nccc23)cc1. The first-order chi connectivity index (χ1) is 8.33. The number of hydrogen-bond acceptors (Lipinski definition) is 4. The number of fused-ring (bicyclic) bond motifs is 1. The van der Waals surface area contributed by atoms with Crippen molar-refractivity contribution in [1.29, 1.82) is 0 Å². The average molecular weight is 227 g/mol. The van der Waals surface area contributed by atoms with Gasteiger partial charge in [-0.25, -0.2) is 9.50 Å². The number of nitrogens with zero attached hydrogens (tertiary/aromatic N) is 3. The molecule has 0 aliphatic heterocycles. The molecule has 1 N–H and O–H groups in total. The summed E-state index contributed by atoms with van der Waals surface area (Å²) < 4.78 is 7.31. The molecule has 0 bridgehead atoms. The van der Waals surface area contributed by atoms with Gasteiger partial charge in [0.25, 0.3) is 0 Å². The lowest BCUT2D eigenvalue weighted by Crippen LogP contribution is -1.93. The Hall–Kier alpha value is -2.56. The van der Waals surface area contributed by atoms with Gasteiger partial charge in [0.05, 0.1) is 6.20 Å². The van der Waals surface area contributed by atoms with Gasteiger partial charge in [-0.3, -0.25) is 0 Å². The number of hydrogen-bond donors (Lipinski definition) is 1. The molecule has 0 atom stereocenters. The second-order valence-electron chi connectivity index (χ2n) is 3.49. The molecule has 2 aromatic heterocycles. The number of phenolic OH excluding ortho intramolecular Hbond substituents is 1. The largest absolute Gasteiger partial charge is 0.508 e. The lowest BCUT2D eigenvalue weighted by molar-refractivity contribution is 0.456. The summed E-state index contributed by atoms with van der Waals surface area (Å²) in [6.45, 7) is 0. The van der Waals surface area contributed by atoms with Gasteiger partial charge in [0.2, 0.25) is 5.88 Å². The zero-order valence-electron chi connectivity index (χ0n) is 8.82. The zero-order valence-corrected chi connectivity index (χ0v) is 8.82. The molecule has 0 saturated heterocycles. The smallest absolute Gasteiger partial charge is 0.245 e. The first-order valence-electron chi connectivity index (χ1n) is 5.08. The van der Waals surface area contributed by atoms with Gasteiger partial charge in [-0.15, -0.1) is 0 Å². The van der Waals surface area contributed by atoms with E-state index in [0.717, 1.165) is 5.52 Å². The average Bonchev–Trinajstić information content (AvgIpc) is 2.81. The molecule has 17 heavy (non-hydrogen) atoms. The molecule has 0 spiro atoms. The van der Waals surface area contributed by atoms with Crippen LogP contribution in [0.1, 0.15) is 0 Å². The lowest BCUT2D eigenvalue weighted by Gasteiger charge is -2.05. The Bertz CT molecular complexity index is 646. The molecule has 0 fully saturated rings. The molecule has 2 heterocycles. The van der Waals surface area contributed by atoms with Crippen molar-refractivity contribution in [3.8, 4) is 17.4 Å². The molecular weight excluding hydrogens is 218 g/mol. The van der Waals surface area contributed by atoms with Crippen molar-refractivity contribution in [2.45, 2.75) is 0 Å². The van der Waals surface area contributed by atoms with Crippen molar-refractivity contribution in [3.63, 3.8) is 0 Å². The van der Waals surface area contributed by atoms with E-state index in [9.17, 15) is 5.11 Å². The number of phenols is 1. The minimum absolute atomic E-state index is 0.202. The van der Waals surface area contributed by atoms with Gasteiger partial charge >= 0.3 is 0 Å². The van der Waals surface area contributed by atoms with Gasteiger partial charge in [-0.05, 0) is 30.3 Å². The molecule has 3 aromatic rings. The van der Waals surface area contributed by atoms with E-state index in [1.54, 1.807) is 47.4 Å². The van der Waals surface area contributed by atoms with Gasteiger partial charge in [-0.2, -0.15) is 5.10 Å². The predicted molar refractivity (Wildman–Crippen MR) is 61.2 cm³/mol. The summed E-state index contributed by atoms with van der Waals surface area (Å²) in [4.78, 5) is 4.15. The summed E-state index contributed by atoms with van der Waals surface area (Å²) in [5, 5.41) is 13.3. The predicted octanol–water partition coefficient (Wildman–Crippen LogP) is 2.23. The van der Waals surface area contributed by atoms with E-state index in [1.807, 2.05) is 6.07 Å². The van der Waals surface area contributed by atoms with Crippen LogP contribution in [0.3, 0.4) is 0 Å². The molecule has 0 radical (unpaired) electrons. The lowest BCUT2D eigenvalue weighted by atomic mass is 10.3. The van der Waals surface area contributed by atoms with Crippen LogP contribution in [-0.4, -0.2) is 19.7 Å². The maximum atomic E-state index is 9.18. The third-order valence-corrected chi connectivity index (χ3v) is 2.34. The van der Waals surface area contributed by atoms with E-state index in [4.69, 9.17) is 4.74 Å². The quantitative estimate of drug-likeness (QED) is 0.729. The topological polar surface area (TPSA) is 59.7 Å². The highest BCUT2D eigenvalue weighted by Gasteiger charge is 2.05. The fourth-order valence-electron chi connectivity index (χ4n) is 1.54. The molecule has 0 saturated carbocycles. The molecule has 1 aromatic carbocycles. The van der Waals surface area contributed by atoms with Crippen LogP contribution in [0.2, 0.25) is 0 Å². The molecule has 0 aliphatic carbocycles. The van der Waals surface area contributed by atoms with Gasteiger partial charge in [0.15, 0.2) is 0 Å². The number of ether oxygens (including phenoxy) is 1. The van der Waals surface area contributed by atoms with Crippen LogP contribution in [0.4, 0.5) is 0 Å². The van der Waals surface area contributed by atoms with Gasteiger partial charge in [0.1, 0.15) is 17.0 Å². The minimum atomic E-state index is 0.202. The van der Waals surface area contributed by atoms with E-state index in [0.29, 0.717) is 11.6 Å². The monoisotopic (exact) mass is 227 g/mol. The Kier molecular flexibility index (Phi) is 2.15. The van der Waals surface area contributed by atoms with Crippen molar-refractivity contribution >= 4 is 5.52 Å². The van der Waals surface area contributed by atoms with E-state index < -0.39 is 0 Å². The summed E-state index contributed by atoms with van der Waals surface area (Å²) in [5.74, 6) is 1.30. The number of benzene rings is 1. The maximum Gasteiger partial charge on any atom is 0.245 e. The van der Waals surface area contributed by atoms with Crippen molar-refractivity contribution in [1.82, 2.24) is 14.6 Å². The number of aromatic nitrogens is 3. The molecule has 84 valence electrons. The highest BCUT2D eigenvalue weighted by atomic mass is 16.5. The molecule has 0 unspecified atom stereocenters. The van der Waals surface area contributed by atoms with Crippen molar-refractivity contribution in [3.05, 3.63) is 48.9 Å². The highest BCUT2D eigenvalue weighted by molar-refractivity contribution is 5.56. The van der Waals surface area contributed by atoms with Crippen LogP contribution in [0.25, 0.3) is 5.52 Å². The highest BCUT2D eigenvalue weighted by Crippen LogP contribution is 2.24. The Morgan fingerprint density at radius 1 is 1.06 bits per heavy atom. The van der Waals surface area contributed by atoms with E-state index >= 15 is 0 Å². The first-order valence-corrected chi connectivity index (χ1v) is 5.08.